The lowest BCUT2D eigenvalue weighted by molar-refractivity contribution is -0.137. The number of aryl methyl sites for hydroxylation is 2. The molecule has 0 aliphatic rings. The molecular formula is C15H18N2O3. The van der Waals surface area contributed by atoms with E-state index in [2.05, 4.69) is 16.2 Å². The van der Waals surface area contributed by atoms with E-state index in [0.29, 0.717) is 31.0 Å². The fourth-order valence-corrected chi connectivity index (χ4v) is 2.02. The van der Waals surface area contributed by atoms with Crippen molar-refractivity contribution in [2.24, 2.45) is 0 Å². The Labute approximate surface area is 117 Å². The predicted octanol–water partition coefficient (Wildman–Crippen LogP) is 2.77. The van der Waals surface area contributed by atoms with Gasteiger partial charge in [-0.1, -0.05) is 35.0 Å². The van der Waals surface area contributed by atoms with Gasteiger partial charge >= 0.3 is 5.97 Å². The van der Waals surface area contributed by atoms with Crippen LogP contribution in [-0.4, -0.2) is 21.2 Å². The standard InChI is InChI=1S/C15H18N2O3/c1-11-5-4-6-12(9-11)10-13-16-14(20-17-13)7-2-3-8-15(18)19/h4-6,9H,2-3,7-8,10H2,1H3,(H,18,19). The molecule has 1 heterocycles. The molecule has 0 spiro atoms. The van der Waals surface area contributed by atoms with E-state index in [0.717, 1.165) is 12.0 Å². The Balaban J connectivity index is 1.84. The second kappa shape index (κ2) is 6.84. The smallest absolute Gasteiger partial charge is 0.303 e. The summed E-state index contributed by atoms with van der Waals surface area (Å²) in [4.78, 5) is 14.7. The van der Waals surface area contributed by atoms with Crippen LogP contribution in [0.3, 0.4) is 0 Å². The Morgan fingerprint density at radius 3 is 2.95 bits per heavy atom. The molecule has 106 valence electrons. The minimum Gasteiger partial charge on any atom is -0.481 e. The van der Waals surface area contributed by atoms with Crippen molar-refractivity contribution in [1.82, 2.24) is 10.1 Å². The van der Waals surface area contributed by atoms with E-state index < -0.39 is 5.97 Å². The first-order valence-corrected chi connectivity index (χ1v) is 6.72. The number of nitrogens with zero attached hydrogens (tertiary/aromatic N) is 2. The summed E-state index contributed by atoms with van der Waals surface area (Å²) in [6.07, 6.45) is 2.85. The van der Waals surface area contributed by atoms with Crippen LogP contribution in [0.25, 0.3) is 0 Å². The summed E-state index contributed by atoms with van der Waals surface area (Å²) < 4.78 is 5.17. The van der Waals surface area contributed by atoms with Gasteiger partial charge in [-0.05, 0) is 25.3 Å². The topological polar surface area (TPSA) is 76.2 Å². The van der Waals surface area contributed by atoms with Gasteiger partial charge < -0.3 is 9.63 Å². The molecule has 2 aromatic rings. The van der Waals surface area contributed by atoms with Crippen molar-refractivity contribution in [3.8, 4) is 0 Å². The van der Waals surface area contributed by atoms with E-state index >= 15 is 0 Å². The zero-order valence-corrected chi connectivity index (χ0v) is 11.5. The second-order valence-electron chi connectivity index (χ2n) is 4.87. The lowest BCUT2D eigenvalue weighted by Crippen LogP contribution is -1.95. The van der Waals surface area contributed by atoms with Crippen molar-refractivity contribution in [3.05, 3.63) is 47.1 Å². The van der Waals surface area contributed by atoms with Crippen LogP contribution in [0.4, 0.5) is 0 Å². The minimum absolute atomic E-state index is 0.185. The molecule has 0 fully saturated rings. The van der Waals surface area contributed by atoms with Gasteiger partial charge in [0.2, 0.25) is 5.89 Å². The zero-order valence-electron chi connectivity index (χ0n) is 11.5. The average molecular weight is 274 g/mol. The first-order chi connectivity index (χ1) is 9.63. The van der Waals surface area contributed by atoms with E-state index in [9.17, 15) is 4.79 Å². The van der Waals surface area contributed by atoms with Crippen LogP contribution in [0.5, 0.6) is 0 Å². The molecule has 2 rings (SSSR count). The third-order valence-electron chi connectivity index (χ3n) is 2.99. The summed E-state index contributed by atoms with van der Waals surface area (Å²) in [5, 5.41) is 12.5. The highest BCUT2D eigenvalue weighted by Crippen LogP contribution is 2.10. The Morgan fingerprint density at radius 1 is 1.35 bits per heavy atom. The third kappa shape index (κ3) is 4.50. The molecule has 5 heteroatoms. The van der Waals surface area contributed by atoms with E-state index in [1.165, 1.54) is 5.56 Å². The number of carboxylic acid groups (broad SMARTS) is 1. The number of benzene rings is 1. The van der Waals surface area contributed by atoms with E-state index in [4.69, 9.17) is 9.63 Å². The third-order valence-corrected chi connectivity index (χ3v) is 2.99. The van der Waals surface area contributed by atoms with E-state index in [-0.39, 0.29) is 6.42 Å². The first-order valence-electron chi connectivity index (χ1n) is 6.72. The summed E-state index contributed by atoms with van der Waals surface area (Å²) in [5.41, 5.74) is 2.36. The summed E-state index contributed by atoms with van der Waals surface area (Å²) in [6.45, 7) is 2.05. The fraction of sp³-hybridized carbons (Fsp3) is 0.400. The number of carboxylic acids is 1. The van der Waals surface area contributed by atoms with Gasteiger partial charge in [0, 0.05) is 19.3 Å². The Hall–Kier alpha value is -2.17. The van der Waals surface area contributed by atoms with Gasteiger partial charge in [0.05, 0.1) is 0 Å². The maximum absolute atomic E-state index is 10.4. The van der Waals surface area contributed by atoms with Crippen molar-refractivity contribution in [3.63, 3.8) is 0 Å². The Morgan fingerprint density at radius 2 is 2.20 bits per heavy atom. The molecule has 0 saturated heterocycles. The number of rotatable bonds is 7. The highest BCUT2D eigenvalue weighted by atomic mass is 16.5. The molecule has 5 nitrogen and oxygen atoms in total. The van der Waals surface area contributed by atoms with Gasteiger partial charge in [-0.25, -0.2) is 0 Å². The van der Waals surface area contributed by atoms with Crippen LogP contribution < -0.4 is 0 Å². The van der Waals surface area contributed by atoms with Gasteiger partial charge in [0.25, 0.3) is 0 Å². The van der Waals surface area contributed by atoms with Gasteiger partial charge in [0.1, 0.15) is 0 Å². The molecule has 0 radical (unpaired) electrons. The lowest BCUT2D eigenvalue weighted by Gasteiger charge is -1.97. The summed E-state index contributed by atoms with van der Waals surface area (Å²) in [7, 11) is 0. The zero-order chi connectivity index (χ0) is 14.4. The molecule has 0 atom stereocenters. The highest BCUT2D eigenvalue weighted by Gasteiger charge is 2.07. The first kappa shape index (κ1) is 14.2. The fourth-order valence-electron chi connectivity index (χ4n) is 2.02. The number of hydrogen-bond acceptors (Lipinski definition) is 4. The predicted molar refractivity (Wildman–Crippen MR) is 73.5 cm³/mol. The van der Waals surface area contributed by atoms with Crippen LogP contribution in [0.2, 0.25) is 0 Å². The van der Waals surface area contributed by atoms with Crippen LogP contribution in [0.1, 0.15) is 42.1 Å². The summed E-state index contributed by atoms with van der Waals surface area (Å²) in [5.74, 6) is 0.484. The van der Waals surface area contributed by atoms with Crippen molar-refractivity contribution < 1.29 is 14.4 Å². The molecule has 0 amide bonds. The Kier molecular flexibility index (Phi) is 4.87. The molecular weight excluding hydrogens is 256 g/mol. The van der Waals surface area contributed by atoms with Gasteiger partial charge in [0.15, 0.2) is 5.82 Å². The number of carbonyl (C=O) groups is 1. The van der Waals surface area contributed by atoms with Crippen LogP contribution >= 0.6 is 0 Å². The molecule has 20 heavy (non-hydrogen) atoms. The van der Waals surface area contributed by atoms with Crippen molar-refractivity contribution >= 4 is 5.97 Å². The van der Waals surface area contributed by atoms with Crippen molar-refractivity contribution in [1.29, 1.82) is 0 Å². The van der Waals surface area contributed by atoms with Crippen LogP contribution in [0, 0.1) is 6.92 Å². The van der Waals surface area contributed by atoms with Crippen LogP contribution in [-0.2, 0) is 17.6 Å². The van der Waals surface area contributed by atoms with Gasteiger partial charge in [-0.2, -0.15) is 4.98 Å². The molecule has 1 N–H and O–H groups in total. The minimum atomic E-state index is -0.768. The monoisotopic (exact) mass is 274 g/mol. The quantitative estimate of drug-likeness (QED) is 0.786. The molecule has 1 aromatic carbocycles. The van der Waals surface area contributed by atoms with Gasteiger partial charge in [-0.3, -0.25) is 4.79 Å². The summed E-state index contributed by atoms with van der Waals surface area (Å²) >= 11 is 0. The second-order valence-corrected chi connectivity index (χ2v) is 4.87. The van der Waals surface area contributed by atoms with Gasteiger partial charge in [-0.15, -0.1) is 0 Å². The maximum atomic E-state index is 10.4. The average Bonchev–Trinajstić information content (AvgIpc) is 2.82. The highest BCUT2D eigenvalue weighted by molar-refractivity contribution is 5.66. The van der Waals surface area contributed by atoms with E-state index in [1.807, 2.05) is 25.1 Å². The normalized spacial score (nSPS) is 10.7. The Bertz CT molecular complexity index is 578. The summed E-state index contributed by atoms with van der Waals surface area (Å²) in [6, 6.07) is 8.20. The van der Waals surface area contributed by atoms with E-state index in [1.54, 1.807) is 0 Å². The number of hydrogen-bond donors (Lipinski definition) is 1. The molecule has 0 unspecified atom stereocenters. The number of unbranched alkanes of at least 4 members (excludes halogenated alkanes) is 1. The molecule has 1 aromatic heterocycles. The lowest BCUT2D eigenvalue weighted by atomic mass is 10.1. The molecule has 0 aliphatic heterocycles. The molecule has 0 saturated carbocycles. The maximum Gasteiger partial charge on any atom is 0.303 e. The van der Waals surface area contributed by atoms with Crippen molar-refractivity contribution in [2.75, 3.05) is 0 Å². The van der Waals surface area contributed by atoms with Crippen molar-refractivity contribution in [2.45, 2.75) is 39.0 Å². The van der Waals surface area contributed by atoms with Crippen LogP contribution in [0.15, 0.2) is 28.8 Å². The largest absolute Gasteiger partial charge is 0.481 e. The SMILES string of the molecule is Cc1cccc(Cc2noc(CCCCC(=O)O)n2)c1. The number of aliphatic carboxylic acids is 1. The number of aromatic nitrogens is 2. The molecule has 0 bridgehead atoms. The molecule has 0 aliphatic carbocycles.